The molecule has 258 valence electrons. The maximum Gasteiger partial charge on any atom is 0.407 e. The summed E-state index contributed by atoms with van der Waals surface area (Å²) in [5, 5.41) is 12.2. The van der Waals surface area contributed by atoms with E-state index in [1.165, 1.54) is 6.42 Å². The number of carbonyl (C=O) groups is 1. The number of fused-ring (bicyclic) bond motifs is 4. The summed E-state index contributed by atoms with van der Waals surface area (Å²) in [6.07, 6.45) is 4.00. The van der Waals surface area contributed by atoms with Crippen LogP contribution in [0, 0.1) is 0 Å². The van der Waals surface area contributed by atoms with Gasteiger partial charge >= 0.3 is 12.1 Å². The molecule has 2 aromatic carbocycles. The van der Waals surface area contributed by atoms with Crippen LogP contribution in [0.25, 0.3) is 10.8 Å². The average molecular weight is 675 g/mol. The van der Waals surface area contributed by atoms with Crippen LogP contribution in [0.5, 0.6) is 11.8 Å². The summed E-state index contributed by atoms with van der Waals surface area (Å²) >= 11 is 0. The Morgan fingerprint density at radius 3 is 2.50 bits per heavy atom. The van der Waals surface area contributed by atoms with Crippen molar-refractivity contribution in [3.63, 3.8) is 0 Å². The molecule has 1 amide bonds. The van der Waals surface area contributed by atoms with E-state index < -0.39 is 14.2 Å². The first kappa shape index (κ1) is 32.9. The zero-order valence-electron chi connectivity index (χ0n) is 28.9. The number of ether oxygens (including phenoxy) is 3. The first-order valence-electron chi connectivity index (χ1n) is 17.6. The van der Waals surface area contributed by atoms with Crippen LogP contribution >= 0.6 is 0 Å². The highest BCUT2D eigenvalue weighted by Gasteiger charge is 2.44. The largest absolute Gasteiger partial charge is 0.465 e. The van der Waals surface area contributed by atoms with Crippen molar-refractivity contribution in [1.29, 1.82) is 0 Å². The van der Waals surface area contributed by atoms with Crippen molar-refractivity contribution in [2.24, 2.45) is 0 Å². The van der Waals surface area contributed by atoms with Crippen LogP contribution in [0.1, 0.15) is 36.9 Å². The summed E-state index contributed by atoms with van der Waals surface area (Å²) in [6.45, 7) is 12.3. The molecule has 3 aromatic rings. The van der Waals surface area contributed by atoms with Gasteiger partial charge in [-0.05, 0) is 63.2 Å². The van der Waals surface area contributed by atoms with Crippen molar-refractivity contribution in [2.75, 3.05) is 63.0 Å². The van der Waals surface area contributed by atoms with Gasteiger partial charge in [-0.15, -0.1) is 0 Å². The highest BCUT2D eigenvalue weighted by atomic mass is 28.3. The molecule has 0 saturated carbocycles. The molecule has 4 aliphatic rings. The van der Waals surface area contributed by atoms with Crippen molar-refractivity contribution >= 4 is 36.4 Å². The number of hydrogen-bond acceptors (Lipinski definition) is 9. The van der Waals surface area contributed by atoms with Crippen molar-refractivity contribution in [3.05, 3.63) is 47.7 Å². The highest BCUT2D eigenvalue weighted by Crippen LogP contribution is 2.41. The lowest BCUT2D eigenvalue weighted by atomic mass is 10.0. The van der Waals surface area contributed by atoms with E-state index in [2.05, 4.69) is 77.8 Å². The molecule has 3 atom stereocenters. The van der Waals surface area contributed by atoms with Crippen LogP contribution in [0.4, 0.5) is 16.3 Å². The van der Waals surface area contributed by atoms with E-state index >= 15 is 0 Å². The highest BCUT2D eigenvalue weighted by molar-refractivity contribution is 6.76. The van der Waals surface area contributed by atoms with Gasteiger partial charge in [-0.3, -0.25) is 4.90 Å². The molecule has 0 spiro atoms. The molecule has 3 fully saturated rings. The Morgan fingerprint density at radius 2 is 1.77 bits per heavy atom. The van der Waals surface area contributed by atoms with Gasteiger partial charge in [0.2, 0.25) is 0 Å². The quantitative estimate of drug-likeness (QED) is 0.155. The maximum absolute atomic E-state index is 12.0. The molecule has 1 unspecified atom stereocenters. The number of amides is 1. The van der Waals surface area contributed by atoms with Gasteiger partial charge in [-0.2, -0.15) is 9.97 Å². The number of piperazine rings is 1. The smallest absolute Gasteiger partial charge is 0.407 e. The SMILES string of the molecule is CN1CCCC1COc1nc2c(c(N3C[C@H]4CC[C@@H](C3)N4C(=O)O)n1)CCN(c1c(OCOCC[Si](C)(C)C)ccc3ccccc13)C2. The third kappa shape index (κ3) is 6.93. The molecule has 0 aliphatic carbocycles. The number of benzene rings is 2. The Bertz CT molecular complexity index is 1620. The van der Waals surface area contributed by atoms with E-state index in [1.54, 1.807) is 4.90 Å². The average Bonchev–Trinajstić information content (AvgIpc) is 3.60. The molecule has 1 N–H and O–H groups in total. The zero-order chi connectivity index (χ0) is 33.4. The van der Waals surface area contributed by atoms with E-state index in [-0.39, 0.29) is 18.9 Å². The third-order valence-corrected chi connectivity index (χ3v) is 12.3. The monoisotopic (exact) mass is 674 g/mol. The second-order valence-electron chi connectivity index (χ2n) is 15.1. The molecule has 2 bridgehead atoms. The van der Waals surface area contributed by atoms with Crippen LogP contribution in [0.2, 0.25) is 25.7 Å². The number of nitrogens with zero attached hydrogens (tertiary/aromatic N) is 6. The minimum atomic E-state index is -1.19. The summed E-state index contributed by atoms with van der Waals surface area (Å²) < 4.78 is 18.7. The van der Waals surface area contributed by atoms with Crippen LogP contribution in [-0.2, 0) is 17.7 Å². The molecule has 4 aliphatic heterocycles. The lowest BCUT2D eigenvalue weighted by Crippen LogP contribution is -2.56. The maximum atomic E-state index is 12.0. The molecule has 3 saturated heterocycles. The molecule has 1 aromatic heterocycles. The molecular weight excluding hydrogens is 625 g/mol. The molecule has 48 heavy (non-hydrogen) atoms. The minimum absolute atomic E-state index is 0.0215. The third-order valence-electron chi connectivity index (χ3n) is 10.6. The van der Waals surface area contributed by atoms with Gasteiger partial charge in [0, 0.05) is 51.3 Å². The Balaban J connectivity index is 1.18. The van der Waals surface area contributed by atoms with Crippen LogP contribution in [-0.4, -0.2) is 110 Å². The van der Waals surface area contributed by atoms with E-state index in [9.17, 15) is 9.90 Å². The molecule has 5 heterocycles. The van der Waals surface area contributed by atoms with Gasteiger partial charge in [0.05, 0.1) is 30.0 Å². The van der Waals surface area contributed by atoms with Crippen LogP contribution < -0.4 is 19.3 Å². The summed E-state index contributed by atoms with van der Waals surface area (Å²) in [7, 11) is 0.958. The predicted molar refractivity (Wildman–Crippen MR) is 190 cm³/mol. The Kier molecular flexibility index (Phi) is 9.40. The lowest BCUT2D eigenvalue weighted by Gasteiger charge is -2.41. The van der Waals surface area contributed by atoms with Gasteiger partial charge < -0.3 is 34.0 Å². The summed E-state index contributed by atoms with van der Waals surface area (Å²) in [4.78, 5) is 30.8. The minimum Gasteiger partial charge on any atom is -0.465 e. The van der Waals surface area contributed by atoms with Gasteiger partial charge in [0.15, 0.2) is 6.79 Å². The Morgan fingerprint density at radius 1 is 0.979 bits per heavy atom. The van der Waals surface area contributed by atoms with Crippen molar-refractivity contribution < 1.29 is 24.1 Å². The molecular formula is C36H50N6O5Si. The number of likely N-dealkylation sites (tertiary alicyclic amines) is 1. The van der Waals surface area contributed by atoms with Gasteiger partial charge in [-0.25, -0.2) is 4.79 Å². The number of likely N-dealkylation sites (N-methyl/N-ethyl adjacent to an activating group) is 1. The standard InChI is InChI=1S/C36H50N6O5Si/c1-39-16-7-9-28(39)23-46-35-37-31-22-40(17-15-30(31)34(38-35)41-20-26-12-13-27(21-41)42(26)36(43)44)33-29-10-6-5-8-25(29)11-14-32(33)47-24-45-18-19-48(2,3)4/h5-6,8,10-11,14,26-28H,7,9,12-13,15-24H2,1-4H3,(H,43,44)/t26-,27+,28?. The first-order valence-corrected chi connectivity index (χ1v) is 21.3. The zero-order valence-corrected chi connectivity index (χ0v) is 29.9. The fraction of sp³-hybridized carbons (Fsp3) is 0.583. The number of aromatic nitrogens is 2. The first-order chi connectivity index (χ1) is 23.1. The van der Waals surface area contributed by atoms with E-state index in [4.69, 9.17) is 24.2 Å². The van der Waals surface area contributed by atoms with Crippen molar-refractivity contribution in [3.8, 4) is 11.8 Å². The van der Waals surface area contributed by atoms with Crippen molar-refractivity contribution in [1.82, 2.24) is 19.8 Å². The summed E-state index contributed by atoms with van der Waals surface area (Å²) in [5.74, 6) is 1.71. The normalized spacial score (nSPS) is 22.8. The second-order valence-corrected chi connectivity index (χ2v) is 20.7. The van der Waals surface area contributed by atoms with Crippen LogP contribution in [0.15, 0.2) is 36.4 Å². The summed E-state index contributed by atoms with van der Waals surface area (Å²) in [6, 6.07) is 14.4. The topological polar surface area (TPSA) is 104 Å². The number of carboxylic acid groups (broad SMARTS) is 1. The fourth-order valence-corrected chi connectivity index (χ4v) is 8.63. The number of hydrogen-bond donors (Lipinski definition) is 1. The van der Waals surface area contributed by atoms with E-state index in [0.717, 1.165) is 84.1 Å². The van der Waals surface area contributed by atoms with Gasteiger partial charge in [-0.1, -0.05) is 50.0 Å². The molecule has 0 radical (unpaired) electrons. The fourth-order valence-electron chi connectivity index (χ4n) is 7.87. The van der Waals surface area contributed by atoms with Gasteiger partial charge in [0.1, 0.15) is 18.2 Å². The summed E-state index contributed by atoms with van der Waals surface area (Å²) in [5.41, 5.74) is 3.15. The van der Waals surface area contributed by atoms with E-state index in [1.807, 2.05) is 0 Å². The molecule has 7 rings (SSSR count). The van der Waals surface area contributed by atoms with Crippen molar-refractivity contribution in [2.45, 2.75) is 82.5 Å². The number of rotatable bonds is 11. The predicted octanol–water partition coefficient (Wildman–Crippen LogP) is 5.69. The van der Waals surface area contributed by atoms with E-state index in [0.29, 0.717) is 44.9 Å². The van der Waals surface area contributed by atoms with Crippen LogP contribution in [0.3, 0.4) is 0 Å². The Labute approximate surface area is 284 Å². The second kappa shape index (κ2) is 13.7. The van der Waals surface area contributed by atoms with Gasteiger partial charge in [0.25, 0.3) is 0 Å². The lowest BCUT2D eigenvalue weighted by molar-refractivity contribution is 0.0224. The molecule has 12 heteroatoms. The Hall–Kier alpha value is -3.61. The molecule has 11 nitrogen and oxygen atoms in total. The number of anilines is 2.